The Balaban J connectivity index is 1.73. The third-order valence-electron chi connectivity index (χ3n) is 4.25. The zero-order chi connectivity index (χ0) is 16.2. The number of carbonyl (C=O) groups is 1. The smallest absolute Gasteiger partial charge is 0.336 e. The van der Waals surface area contributed by atoms with E-state index in [-0.39, 0.29) is 18.1 Å². The zero-order valence-electron chi connectivity index (χ0n) is 13.3. The fraction of sp³-hybridized carbons (Fsp3) is 0.444. The maximum Gasteiger partial charge on any atom is 0.336 e. The second kappa shape index (κ2) is 6.86. The fourth-order valence-corrected chi connectivity index (χ4v) is 2.97. The first-order chi connectivity index (χ1) is 11.2. The summed E-state index contributed by atoms with van der Waals surface area (Å²) in [5.41, 5.74) is 1.08. The van der Waals surface area contributed by atoms with E-state index >= 15 is 0 Å². The number of hydrogen-bond acceptors (Lipinski definition) is 4. The summed E-state index contributed by atoms with van der Waals surface area (Å²) in [4.78, 5) is 25.5. The number of ether oxygens (including phenoxy) is 1. The molecule has 2 heterocycles. The van der Waals surface area contributed by atoms with E-state index in [4.69, 9.17) is 9.15 Å². The number of benzene rings is 1. The van der Waals surface area contributed by atoms with Gasteiger partial charge in [0.25, 0.3) is 5.91 Å². The van der Waals surface area contributed by atoms with Crippen molar-refractivity contribution in [1.29, 1.82) is 0 Å². The van der Waals surface area contributed by atoms with Gasteiger partial charge in [-0.15, -0.1) is 0 Å². The molecule has 122 valence electrons. The van der Waals surface area contributed by atoms with Crippen LogP contribution in [0.5, 0.6) is 5.75 Å². The molecule has 0 spiro atoms. The minimum atomic E-state index is -0.365. The van der Waals surface area contributed by atoms with Gasteiger partial charge in [0, 0.05) is 30.6 Å². The Morgan fingerprint density at radius 1 is 1.22 bits per heavy atom. The van der Waals surface area contributed by atoms with Crippen LogP contribution in [0, 0.1) is 0 Å². The highest BCUT2D eigenvalue weighted by Crippen LogP contribution is 2.23. The predicted molar refractivity (Wildman–Crippen MR) is 87.8 cm³/mol. The van der Waals surface area contributed by atoms with Crippen molar-refractivity contribution in [3.8, 4) is 5.75 Å². The van der Waals surface area contributed by atoms with Crippen LogP contribution >= 0.6 is 0 Å². The summed E-state index contributed by atoms with van der Waals surface area (Å²) in [5, 5.41) is 0.904. The van der Waals surface area contributed by atoms with Crippen LogP contribution in [0.4, 0.5) is 0 Å². The number of carbonyl (C=O) groups excluding carboxylic acids is 1. The standard InChI is InChI=1S/C18H21NO4/c1-2-13-10-18(21)23-16-11-14(6-7-15(13)16)22-12-17(20)19-8-4-3-5-9-19/h6-7,10-11H,2-5,8-9,12H2,1H3. The van der Waals surface area contributed by atoms with E-state index in [0.717, 1.165) is 43.3 Å². The van der Waals surface area contributed by atoms with Crippen molar-refractivity contribution in [3.05, 3.63) is 40.2 Å². The van der Waals surface area contributed by atoms with E-state index in [1.165, 1.54) is 12.5 Å². The van der Waals surface area contributed by atoms with Crippen LogP contribution in [-0.4, -0.2) is 30.5 Å². The molecule has 1 aliphatic heterocycles. The lowest BCUT2D eigenvalue weighted by molar-refractivity contribution is -0.134. The molecule has 1 aliphatic rings. The molecule has 0 atom stereocenters. The van der Waals surface area contributed by atoms with Crippen LogP contribution in [0.2, 0.25) is 0 Å². The first kappa shape index (κ1) is 15.6. The van der Waals surface area contributed by atoms with Gasteiger partial charge in [0.15, 0.2) is 6.61 Å². The summed E-state index contributed by atoms with van der Waals surface area (Å²) in [5.74, 6) is 0.549. The highest BCUT2D eigenvalue weighted by molar-refractivity contribution is 5.82. The van der Waals surface area contributed by atoms with Gasteiger partial charge in [-0.2, -0.15) is 0 Å². The molecule has 5 nitrogen and oxygen atoms in total. The van der Waals surface area contributed by atoms with Crippen LogP contribution < -0.4 is 10.4 Å². The molecule has 1 aromatic heterocycles. The molecule has 0 bridgehead atoms. The summed E-state index contributed by atoms with van der Waals surface area (Å²) in [6.45, 7) is 3.64. The summed E-state index contributed by atoms with van der Waals surface area (Å²) in [7, 11) is 0. The molecule has 1 fully saturated rings. The number of fused-ring (bicyclic) bond motifs is 1. The second-order valence-electron chi connectivity index (χ2n) is 5.83. The summed E-state index contributed by atoms with van der Waals surface area (Å²) in [6.07, 6.45) is 4.07. The summed E-state index contributed by atoms with van der Waals surface area (Å²) in [6, 6.07) is 6.88. The topological polar surface area (TPSA) is 59.8 Å². The van der Waals surface area contributed by atoms with E-state index < -0.39 is 0 Å². The molecule has 0 N–H and O–H groups in total. The Morgan fingerprint density at radius 3 is 2.74 bits per heavy atom. The highest BCUT2D eigenvalue weighted by Gasteiger charge is 2.17. The molecule has 3 rings (SSSR count). The molecular weight excluding hydrogens is 294 g/mol. The Bertz CT molecular complexity index is 759. The SMILES string of the molecule is CCc1cc(=O)oc2cc(OCC(=O)N3CCCCC3)ccc12. The fourth-order valence-electron chi connectivity index (χ4n) is 2.97. The Labute approximate surface area is 134 Å². The maximum atomic E-state index is 12.1. The maximum absolute atomic E-state index is 12.1. The molecule has 1 amide bonds. The van der Waals surface area contributed by atoms with Crippen molar-refractivity contribution in [2.24, 2.45) is 0 Å². The number of amides is 1. The minimum absolute atomic E-state index is 0.00792. The van der Waals surface area contributed by atoms with Gasteiger partial charge >= 0.3 is 5.63 Å². The Hall–Kier alpha value is -2.30. The average Bonchev–Trinajstić information content (AvgIpc) is 2.59. The molecule has 0 unspecified atom stereocenters. The van der Waals surface area contributed by atoms with Gasteiger partial charge in [0.1, 0.15) is 11.3 Å². The Morgan fingerprint density at radius 2 is 2.00 bits per heavy atom. The van der Waals surface area contributed by atoms with Gasteiger partial charge in [-0.1, -0.05) is 6.92 Å². The number of likely N-dealkylation sites (tertiary alicyclic amines) is 1. The lowest BCUT2D eigenvalue weighted by atomic mass is 10.1. The number of nitrogens with zero attached hydrogens (tertiary/aromatic N) is 1. The second-order valence-corrected chi connectivity index (χ2v) is 5.83. The Kier molecular flexibility index (Phi) is 4.65. The van der Waals surface area contributed by atoms with Crippen LogP contribution in [0.1, 0.15) is 31.7 Å². The summed E-state index contributed by atoms with van der Waals surface area (Å²) >= 11 is 0. The minimum Gasteiger partial charge on any atom is -0.484 e. The molecule has 5 heteroatoms. The lowest BCUT2D eigenvalue weighted by Crippen LogP contribution is -2.38. The van der Waals surface area contributed by atoms with Crippen molar-refractivity contribution < 1.29 is 13.9 Å². The third kappa shape index (κ3) is 3.55. The number of rotatable bonds is 4. The van der Waals surface area contributed by atoms with E-state index in [0.29, 0.717) is 11.3 Å². The van der Waals surface area contributed by atoms with E-state index in [2.05, 4.69) is 0 Å². The number of piperidine rings is 1. The molecule has 1 saturated heterocycles. The quantitative estimate of drug-likeness (QED) is 0.814. The normalized spacial score (nSPS) is 14.9. The zero-order valence-corrected chi connectivity index (χ0v) is 13.3. The molecule has 1 aromatic carbocycles. The molecule has 0 saturated carbocycles. The van der Waals surface area contributed by atoms with Crippen LogP contribution in [0.15, 0.2) is 33.5 Å². The van der Waals surface area contributed by atoms with Crippen LogP contribution in [0.25, 0.3) is 11.0 Å². The van der Waals surface area contributed by atoms with Crippen LogP contribution in [0.3, 0.4) is 0 Å². The van der Waals surface area contributed by atoms with Gasteiger partial charge < -0.3 is 14.1 Å². The predicted octanol–water partition coefficient (Wildman–Crippen LogP) is 2.75. The van der Waals surface area contributed by atoms with E-state index in [9.17, 15) is 9.59 Å². The van der Waals surface area contributed by atoms with Gasteiger partial charge in [-0.05, 0) is 43.4 Å². The molecule has 23 heavy (non-hydrogen) atoms. The average molecular weight is 315 g/mol. The van der Waals surface area contributed by atoms with Crippen molar-refractivity contribution in [3.63, 3.8) is 0 Å². The molecular formula is C18H21NO4. The third-order valence-corrected chi connectivity index (χ3v) is 4.25. The molecule has 2 aromatic rings. The van der Waals surface area contributed by atoms with Gasteiger partial charge in [-0.3, -0.25) is 4.79 Å². The lowest BCUT2D eigenvalue weighted by Gasteiger charge is -2.26. The molecule has 0 radical (unpaired) electrons. The van der Waals surface area contributed by atoms with Crippen molar-refractivity contribution >= 4 is 16.9 Å². The summed E-state index contributed by atoms with van der Waals surface area (Å²) < 4.78 is 10.8. The monoisotopic (exact) mass is 315 g/mol. The van der Waals surface area contributed by atoms with Gasteiger partial charge in [0.2, 0.25) is 0 Å². The van der Waals surface area contributed by atoms with Gasteiger partial charge in [-0.25, -0.2) is 4.79 Å². The van der Waals surface area contributed by atoms with Crippen molar-refractivity contribution in [2.75, 3.05) is 19.7 Å². The van der Waals surface area contributed by atoms with Crippen molar-refractivity contribution in [2.45, 2.75) is 32.6 Å². The molecule has 0 aliphatic carbocycles. The van der Waals surface area contributed by atoms with E-state index in [1.54, 1.807) is 6.07 Å². The van der Waals surface area contributed by atoms with Crippen LogP contribution in [-0.2, 0) is 11.2 Å². The first-order valence-electron chi connectivity index (χ1n) is 8.14. The van der Waals surface area contributed by atoms with Gasteiger partial charge in [0.05, 0.1) is 0 Å². The highest BCUT2D eigenvalue weighted by atomic mass is 16.5. The van der Waals surface area contributed by atoms with E-state index in [1.807, 2.05) is 24.0 Å². The largest absolute Gasteiger partial charge is 0.484 e. The first-order valence-corrected chi connectivity index (χ1v) is 8.14. The van der Waals surface area contributed by atoms with Crippen molar-refractivity contribution in [1.82, 2.24) is 4.90 Å². The number of hydrogen-bond donors (Lipinski definition) is 0. The number of aryl methyl sites for hydroxylation is 1.